The van der Waals surface area contributed by atoms with Crippen LogP contribution >= 0.6 is 0 Å². The van der Waals surface area contributed by atoms with Crippen molar-refractivity contribution in [2.75, 3.05) is 5.32 Å². The van der Waals surface area contributed by atoms with Crippen LogP contribution in [0.4, 0.5) is 5.69 Å². The van der Waals surface area contributed by atoms with Gasteiger partial charge in [0.15, 0.2) is 0 Å². The van der Waals surface area contributed by atoms with E-state index in [2.05, 4.69) is 60.8 Å². The SMILES string of the molecule is CCc1ccc(-c2ccc(CCCC(=O)Nc3ccc(C)cc3)cc2)cc1. The number of hydrogen-bond donors (Lipinski definition) is 1. The second-order valence-electron chi connectivity index (χ2n) is 7.02. The standard InChI is InChI=1S/C25H27NO/c1-3-20-9-13-22(14-10-20)23-15-11-21(12-16-23)5-4-6-25(27)26-24-17-7-19(2)8-18-24/h7-18H,3-6H2,1-2H3,(H,26,27). The lowest BCUT2D eigenvalue weighted by Crippen LogP contribution is -2.11. The number of carbonyl (C=O) groups is 1. The molecule has 0 atom stereocenters. The zero-order valence-corrected chi connectivity index (χ0v) is 16.2. The van der Waals surface area contributed by atoms with Crippen molar-refractivity contribution in [1.82, 2.24) is 0 Å². The highest BCUT2D eigenvalue weighted by molar-refractivity contribution is 5.90. The highest BCUT2D eigenvalue weighted by Gasteiger charge is 2.04. The summed E-state index contributed by atoms with van der Waals surface area (Å²) in [6.07, 6.45) is 3.36. The van der Waals surface area contributed by atoms with E-state index < -0.39 is 0 Å². The van der Waals surface area contributed by atoms with Crippen molar-refractivity contribution in [3.05, 3.63) is 89.5 Å². The van der Waals surface area contributed by atoms with E-state index in [9.17, 15) is 4.79 Å². The molecule has 0 unspecified atom stereocenters. The Morgan fingerprint density at radius 3 is 1.89 bits per heavy atom. The summed E-state index contributed by atoms with van der Waals surface area (Å²) in [5, 5.41) is 2.96. The minimum Gasteiger partial charge on any atom is -0.326 e. The Morgan fingerprint density at radius 2 is 1.33 bits per heavy atom. The van der Waals surface area contributed by atoms with E-state index in [0.29, 0.717) is 6.42 Å². The molecule has 0 aromatic heterocycles. The molecular weight excluding hydrogens is 330 g/mol. The third kappa shape index (κ3) is 5.55. The van der Waals surface area contributed by atoms with Gasteiger partial charge in [-0.05, 0) is 60.6 Å². The van der Waals surface area contributed by atoms with E-state index in [0.717, 1.165) is 24.9 Å². The van der Waals surface area contributed by atoms with E-state index >= 15 is 0 Å². The smallest absolute Gasteiger partial charge is 0.224 e. The van der Waals surface area contributed by atoms with Gasteiger partial charge in [-0.3, -0.25) is 4.79 Å². The molecule has 0 bridgehead atoms. The monoisotopic (exact) mass is 357 g/mol. The first-order chi connectivity index (χ1) is 13.1. The highest BCUT2D eigenvalue weighted by Crippen LogP contribution is 2.21. The summed E-state index contributed by atoms with van der Waals surface area (Å²) in [4.78, 5) is 12.1. The maximum Gasteiger partial charge on any atom is 0.224 e. The Morgan fingerprint density at radius 1 is 0.778 bits per heavy atom. The Balaban J connectivity index is 1.48. The summed E-state index contributed by atoms with van der Waals surface area (Å²) in [5.74, 6) is 0.0755. The van der Waals surface area contributed by atoms with Crippen LogP contribution in [-0.4, -0.2) is 5.91 Å². The third-order valence-corrected chi connectivity index (χ3v) is 4.85. The summed E-state index contributed by atoms with van der Waals surface area (Å²) in [5.41, 5.74) is 7.17. The van der Waals surface area contributed by atoms with Crippen molar-refractivity contribution >= 4 is 11.6 Å². The number of nitrogens with one attached hydrogen (secondary N) is 1. The average Bonchev–Trinajstić information content (AvgIpc) is 2.70. The molecule has 0 heterocycles. The molecule has 0 spiro atoms. The molecule has 0 aliphatic heterocycles. The molecule has 2 heteroatoms. The van der Waals surface area contributed by atoms with Crippen molar-refractivity contribution in [2.45, 2.75) is 39.5 Å². The summed E-state index contributed by atoms with van der Waals surface area (Å²) in [7, 11) is 0. The minimum atomic E-state index is 0.0755. The quantitative estimate of drug-likeness (QED) is 0.537. The first-order valence-electron chi connectivity index (χ1n) is 9.69. The molecule has 1 amide bonds. The van der Waals surface area contributed by atoms with Gasteiger partial charge in [-0.2, -0.15) is 0 Å². The van der Waals surface area contributed by atoms with Gasteiger partial charge in [-0.25, -0.2) is 0 Å². The van der Waals surface area contributed by atoms with Gasteiger partial charge < -0.3 is 5.32 Å². The molecule has 3 aromatic carbocycles. The maximum atomic E-state index is 12.1. The third-order valence-electron chi connectivity index (χ3n) is 4.85. The summed E-state index contributed by atoms with van der Waals surface area (Å²) >= 11 is 0. The van der Waals surface area contributed by atoms with E-state index in [1.807, 2.05) is 31.2 Å². The largest absolute Gasteiger partial charge is 0.326 e. The zero-order valence-electron chi connectivity index (χ0n) is 16.2. The van der Waals surface area contributed by atoms with E-state index in [1.54, 1.807) is 0 Å². The Bertz CT molecular complexity index is 862. The predicted molar refractivity (Wildman–Crippen MR) is 114 cm³/mol. The number of anilines is 1. The molecule has 0 radical (unpaired) electrons. The first-order valence-corrected chi connectivity index (χ1v) is 9.69. The average molecular weight is 357 g/mol. The Hall–Kier alpha value is -2.87. The fourth-order valence-electron chi connectivity index (χ4n) is 3.11. The number of benzene rings is 3. The van der Waals surface area contributed by atoms with Crippen molar-refractivity contribution in [3.63, 3.8) is 0 Å². The number of carbonyl (C=O) groups excluding carboxylic acids is 1. The zero-order chi connectivity index (χ0) is 19.1. The Labute approximate surface area is 162 Å². The molecule has 0 saturated heterocycles. The first kappa shape index (κ1) is 18.9. The van der Waals surface area contributed by atoms with E-state index in [-0.39, 0.29) is 5.91 Å². The van der Waals surface area contributed by atoms with Crippen molar-refractivity contribution in [3.8, 4) is 11.1 Å². The van der Waals surface area contributed by atoms with Crippen LogP contribution in [0.2, 0.25) is 0 Å². The van der Waals surface area contributed by atoms with E-state index in [4.69, 9.17) is 0 Å². The topological polar surface area (TPSA) is 29.1 Å². The van der Waals surface area contributed by atoms with Gasteiger partial charge in [0.1, 0.15) is 0 Å². The lowest BCUT2D eigenvalue weighted by Gasteiger charge is -2.07. The number of amides is 1. The van der Waals surface area contributed by atoms with Gasteiger partial charge in [0, 0.05) is 12.1 Å². The van der Waals surface area contributed by atoms with Crippen LogP contribution in [-0.2, 0) is 17.6 Å². The fourth-order valence-corrected chi connectivity index (χ4v) is 3.11. The normalized spacial score (nSPS) is 10.6. The van der Waals surface area contributed by atoms with Crippen LogP contribution in [0.3, 0.4) is 0 Å². The number of aryl methyl sites for hydroxylation is 3. The molecule has 27 heavy (non-hydrogen) atoms. The molecule has 138 valence electrons. The van der Waals surface area contributed by atoms with Crippen LogP contribution in [0.15, 0.2) is 72.8 Å². The fraction of sp³-hybridized carbons (Fsp3) is 0.240. The Kier molecular flexibility index (Phi) is 6.43. The molecule has 1 N–H and O–H groups in total. The van der Waals surface area contributed by atoms with E-state index in [1.165, 1.54) is 27.8 Å². The highest BCUT2D eigenvalue weighted by atomic mass is 16.1. The van der Waals surface area contributed by atoms with Gasteiger partial charge in [-0.1, -0.05) is 73.2 Å². The van der Waals surface area contributed by atoms with Crippen LogP contribution < -0.4 is 5.32 Å². The molecular formula is C25H27NO. The predicted octanol–water partition coefficient (Wildman–Crippen LogP) is 6.19. The molecule has 0 saturated carbocycles. The van der Waals surface area contributed by atoms with Gasteiger partial charge >= 0.3 is 0 Å². The van der Waals surface area contributed by atoms with Crippen molar-refractivity contribution in [2.24, 2.45) is 0 Å². The second-order valence-corrected chi connectivity index (χ2v) is 7.02. The van der Waals surface area contributed by atoms with Gasteiger partial charge in [0.2, 0.25) is 5.91 Å². The van der Waals surface area contributed by atoms with Crippen LogP contribution in [0.25, 0.3) is 11.1 Å². The number of rotatable bonds is 7. The summed E-state index contributed by atoms with van der Waals surface area (Å²) in [6.45, 7) is 4.21. The van der Waals surface area contributed by atoms with Gasteiger partial charge in [-0.15, -0.1) is 0 Å². The molecule has 3 rings (SSSR count). The molecule has 0 aliphatic rings. The summed E-state index contributed by atoms with van der Waals surface area (Å²) in [6, 6.07) is 25.3. The second kappa shape index (κ2) is 9.18. The van der Waals surface area contributed by atoms with Crippen LogP contribution in [0.5, 0.6) is 0 Å². The lowest BCUT2D eigenvalue weighted by molar-refractivity contribution is -0.116. The number of hydrogen-bond acceptors (Lipinski definition) is 1. The minimum absolute atomic E-state index is 0.0755. The molecule has 0 aliphatic carbocycles. The molecule has 3 aromatic rings. The lowest BCUT2D eigenvalue weighted by atomic mass is 10.0. The molecule has 2 nitrogen and oxygen atoms in total. The summed E-state index contributed by atoms with van der Waals surface area (Å²) < 4.78 is 0. The van der Waals surface area contributed by atoms with Crippen molar-refractivity contribution < 1.29 is 4.79 Å². The van der Waals surface area contributed by atoms with Crippen molar-refractivity contribution in [1.29, 1.82) is 0 Å². The van der Waals surface area contributed by atoms with Gasteiger partial charge in [0.25, 0.3) is 0 Å². The molecule has 0 fully saturated rings. The van der Waals surface area contributed by atoms with Gasteiger partial charge in [0.05, 0.1) is 0 Å². The van der Waals surface area contributed by atoms with Crippen LogP contribution in [0, 0.1) is 6.92 Å². The van der Waals surface area contributed by atoms with Crippen LogP contribution in [0.1, 0.15) is 36.5 Å². The maximum absolute atomic E-state index is 12.1.